The summed E-state index contributed by atoms with van der Waals surface area (Å²) in [6, 6.07) is 0. The Morgan fingerprint density at radius 1 is 1.86 bits per heavy atom. The van der Waals surface area contributed by atoms with Gasteiger partial charge in [-0.05, 0) is 6.92 Å². The minimum Gasteiger partial charge on any atom is -0.329 e. The molecule has 43 valence electrons. The van der Waals surface area contributed by atoms with Gasteiger partial charge in [-0.3, -0.25) is 4.57 Å². The minimum absolute atomic E-state index is 0.483. The van der Waals surface area contributed by atoms with Crippen molar-refractivity contribution in [3.63, 3.8) is 0 Å². The third-order valence-corrected chi connectivity index (χ3v) is 1.21. The molecule has 0 saturated carbocycles. The minimum atomic E-state index is -2.42. The van der Waals surface area contributed by atoms with Gasteiger partial charge < -0.3 is 4.52 Å². The van der Waals surface area contributed by atoms with E-state index < -0.39 is 7.37 Å². The zero-order chi connectivity index (χ0) is 5.91. The molecule has 0 N–H and O–H groups in total. The van der Waals surface area contributed by atoms with Gasteiger partial charge in [-0.1, -0.05) is 0 Å². The van der Waals surface area contributed by atoms with Crippen molar-refractivity contribution in [1.82, 2.24) is 0 Å². The first-order chi connectivity index (χ1) is 3.06. The maximum atomic E-state index is 10.5. The highest BCUT2D eigenvalue weighted by atomic mass is 31.2. The number of hydrogen-bond donors (Lipinski definition) is 0. The summed E-state index contributed by atoms with van der Waals surface area (Å²) in [6.45, 7) is 7.07. The summed E-state index contributed by atoms with van der Waals surface area (Å²) in [7, 11) is -2.42. The van der Waals surface area contributed by atoms with Gasteiger partial charge in [-0.15, -0.1) is 0 Å². The molecule has 0 fully saturated rings. The fourth-order valence-corrected chi connectivity index (χ4v) is 0.819. The van der Waals surface area contributed by atoms with E-state index in [2.05, 4.69) is 11.2 Å². The van der Waals surface area contributed by atoms with Crippen LogP contribution in [0.15, 0.2) is 0 Å². The van der Waals surface area contributed by atoms with E-state index in [0.29, 0.717) is 6.61 Å². The topological polar surface area (TPSA) is 26.3 Å². The molecule has 0 heterocycles. The van der Waals surface area contributed by atoms with Crippen LogP contribution in [0.5, 0.6) is 0 Å². The monoisotopic (exact) mass is 121 g/mol. The van der Waals surface area contributed by atoms with Crippen molar-refractivity contribution < 1.29 is 9.09 Å². The van der Waals surface area contributed by atoms with E-state index in [1.807, 2.05) is 0 Å². The standard InChI is InChI=1S/C4H10O2P/c1-4-6-7(2,3)5/h2,4H2,1,3H3. The highest BCUT2D eigenvalue weighted by Crippen LogP contribution is 2.39. The average Bonchev–Trinajstić information content (AvgIpc) is 1.30. The Labute approximate surface area is 44.3 Å². The van der Waals surface area contributed by atoms with Gasteiger partial charge in [0.2, 0.25) is 7.37 Å². The summed E-state index contributed by atoms with van der Waals surface area (Å²) in [5.41, 5.74) is 0. The molecule has 3 heteroatoms. The molecule has 2 nitrogen and oxygen atoms in total. The van der Waals surface area contributed by atoms with E-state index in [9.17, 15) is 4.57 Å². The first kappa shape index (κ1) is 7.19. The molecule has 0 aliphatic carbocycles. The van der Waals surface area contributed by atoms with Crippen LogP contribution in [0.25, 0.3) is 0 Å². The Morgan fingerprint density at radius 2 is 2.29 bits per heavy atom. The molecule has 0 aliphatic rings. The van der Waals surface area contributed by atoms with Gasteiger partial charge in [0.1, 0.15) is 0 Å². The lowest BCUT2D eigenvalue weighted by Crippen LogP contribution is -1.81. The molecule has 0 aromatic heterocycles. The summed E-state index contributed by atoms with van der Waals surface area (Å²) in [5, 5.41) is 0. The van der Waals surface area contributed by atoms with Gasteiger partial charge in [0, 0.05) is 13.3 Å². The molecule has 1 radical (unpaired) electrons. The van der Waals surface area contributed by atoms with Crippen molar-refractivity contribution in [1.29, 1.82) is 0 Å². The second kappa shape index (κ2) is 2.49. The zero-order valence-corrected chi connectivity index (χ0v) is 5.57. The quantitative estimate of drug-likeness (QED) is 0.520. The lowest BCUT2D eigenvalue weighted by molar-refractivity contribution is 0.344. The van der Waals surface area contributed by atoms with Crippen molar-refractivity contribution in [2.24, 2.45) is 0 Å². The van der Waals surface area contributed by atoms with Crippen LogP contribution in [-0.2, 0) is 9.09 Å². The predicted octanol–water partition coefficient (Wildman–Crippen LogP) is 1.72. The molecule has 0 aliphatic heterocycles. The van der Waals surface area contributed by atoms with Crippen LogP contribution in [0, 0.1) is 6.66 Å². The van der Waals surface area contributed by atoms with E-state index in [0.717, 1.165) is 0 Å². The smallest absolute Gasteiger partial charge is 0.200 e. The molecule has 0 rings (SSSR count). The van der Waals surface area contributed by atoms with Crippen LogP contribution in [0.2, 0.25) is 0 Å². The van der Waals surface area contributed by atoms with Crippen LogP contribution in [0.1, 0.15) is 6.92 Å². The second-order valence-corrected chi connectivity index (χ2v) is 3.72. The molecule has 0 aromatic rings. The van der Waals surface area contributed by atoms with Crippen LogP contribution in [0.4, 0.5) is 0 Å². The van der Waals surface area contributed by atoms with E-state index >= 15 is 0 Å². The molecule has 1 unspecified atom stereocenters. The predicted molar refractivity (Wildman–Crippen MR) is 30.5 cm³/mol. The zero-order valence-electron chi connectivity index (χ0n) is 4.68. The highest BCUT2D eigenvalue weighted by Gasteiger charge is 2.02. The summed E-state index contributed by atoms with van der Waals surface area (Å²) >= 11 is 0. The summed E-state index contributed by atoms with van der Waals surface area (Å²) < 4.78 is 15.2. The van der Waals surface area contributed by atoms with Gasteiger partial charge in [0.05, 0.1) is 6.61 Å². The fourth-order valence-electron chi connectivity index (χ4n) is 0.273. The summed E-state index contributed by atoms with van der Waals surface area (Å²) in [4.78, 5) is 0. The van der Waals surface area contributed by atoms with Crippen molar-refractivity contribution >= 4 is 7.37 Å². The van der Waals surface area contributed by atoms with Crippen molar-refractivity contribution in [2.75, 3.05) is 13.3 Å². The maximum absolute atomic E-state index is 10.5. The third-order valence-electron chi connectivity index (χ3n) is 0.402. The molecule has 1 atom stereocenters. The second-order valence-electron chi connectivity index (χ2n) is 1.43. The van der Waals surface area contributed by atoms with Crippen LogP contribution in [0.3, 0.4) is 0 Å². The molecule has 0 amide bonds. The normalized spacial score (nSPS) is 11.9. The Morgan fingerprint density at radius 3 is 2.29 bits per heavy atom. The third kappa shape index (κ3) is 6.19. The van der Waals surface area contributed by atoms with E-state index in [1.54, 1.807) is 6.92 Å². The Balaban J connectivity index is 3.36. The lowest BCUT2D eigenvalue weighted by atomic mass is 10.9. The van der Waals surface area contributed by atoms with Crippen LogP contribution < -0.4 is 0 Å². The van der Waals surface area contributed by atoms with Gasteiger partial charge in [0.25, 0.3) is 0 Å². The molecule has 0 saturated heterocycles. The SMILES string of the molecule is [CH2]P(C)(=O)OCC. The van der Waals surface area contributed by atoms with Crippen molar-refractivity contribution in [3.05, 3.63) is 6.66 Å². The molecule has 0 aromatic carbocycles. The Hall–Kier alpha value is 0.190. The number of rotatable bonds is 2. The van der Waals surface area contributed by atoms with Gasteiger partial charge in [-0.2, -0.15) is 0 Å². The number of hydrogen-bond acceptors (Lipinski definition) is 2. The van der Waals surface area contributed by atoms with Gasteiger partial charge in [0.15, 0.2) is 0 Å². The molecular weight excluding hydrogens is 111 g/mol. The van der Waals surface area contributed by atoms with Crippen LogP contribution in [-0.4, -0.2) is 13.3 Å². The average molecular weight is 121 g/mol. The van der Waals surface area contributed by atoms with Crippen molar-refractivity contribution in [2.45, 2.75) is 6.92 Å². The maximum Gasteiger partial charge on any atom is 0.200 e. The van der Waals surface area contributed by atoms with Crippen LogP contribution >= 0.6 is 7.37 Å². The molecule has 0 bridgehead atoms. The van der Waals surface area contributed by atoms with E-state index in [1.165, 1.54) is 6.66 Å². The molecule has 0 spiro atoms. The van der Waals surface area contributed by atoms with E-state index in [4.69, 9.17) is 0 Å². The Bertz CT molecular complexity index is 83.7. The molecular formula is C4H10O2P. The summed E-state index contributed by atoms with van der Waals surface area (Å²) in [5.74, 6) is 0. The molecule has 7 heavy (non-hydrogen) atoms. The first-order valence-corrected chi connectivity index (χ1v) is 4.38. The fraction of sp³-hybridized carbons (Fsp3) is 0.750. The lowest BCUT2D eigenvalue weighted by Gasteiger charge is -2.02. The first-order valence-electron chi connectivity index (χ1n) is 2.12. The van der Waals surface area contributed by atoms with Gasteiger partial charge in [-0.25, -0.2) is 0 Å². The van der Waals surface area contributed by atoms with Gasteiger partial charge >= 0.3 is 0 Å². The highest BCUT2D eigenvalue weighted by molar-refractivity contribution is 7.59. The van der Waals surface area contributed by atoms with Crippen molar-refractivity contribution in [3.8, 4) is 0 Å². The summed E-state index contributed by atoms with van der Waals surface area (Å²) in [6.07, 6.45) is 0. The van der Waals surface area contributed by atoms with E-state index in [-0.39, 0.29) is 0 Å². The Kier molecular flexibility index (Phi) is 2.55. The largest absolute Gasteiger partial charge is 0.329 e.